The lowest BCUT2D eigenvalue weighted by Gasteiger charge is -2.22. The summed E-state index contributed by atoms with van der Waals surface area (Å²) in [4.78, 5) is 0. The third-order valence-corrected chi connectivity index (χ3v) is 5.75. The number of nitrogens with zero attached hydrogens (tertiary/aromatic N) is 3. The summed E-state index contributed by atoms with van der Waals surface area (Å²) >= 11 is 12.2. The lowest BCUT2D eigenvalue weighted by Crippen LogP contribution is -2.15. The maximum absolute atomic E-state index is 13.7. The molecule has 0 aliphatic carbocycles. The Bertz CT molecular complexity index is 1010. The van der Waals surface area contributed by atoms with Crippen molar-refractivity contribution in [2.75, 3.05) is 25.1 Å². The topological polar surface area (TPSA) is 85.0 Å². The molecular formula is C20H20Cl2FN5O2. The summed E-state index contributed by atoms with van der Waals surface area (Å²) in [6.45, 7) is 1.70. The van der Waals surface area contributed by atoms with Gasteiger partial charge in [0, 0.05) is 36.6 Å². The molecule has 30 heavy (non-hydrogen) atoms. The minimum Gasteiger partial charge on any atom is -0.489 e. The summed E-state index contributed by atoms with van der Waals surface area (Å²) in [5.74, 6) is 0.795. The van der Waals surface area contributed by atoms with Crippen LogP contribution in [0, 0.1) is 5.82 Å². The Morgan fingerprint density at radius 1 is 1.23 bits per heavy atom. The van der Waals surface area contributed by atoms with E-state index in [-0.39, 0.29) is 11.6 Å². The molecule has 1 aromatic carbocycles. The van der Waals surface area contributed by atoms with Crippen LogP contribution in [0.5, 0.6) is 5.75 Å². The highest BCUT2D eigenvalue weighted by Crippen LogP contribution is 2.33. The monoisotopic (exact) mass is 451 g/mol. The molecule has 1 aliphatic heterocycles. The highest BCUT2D eigenvalue weighted by atomic mass is 35.5. The maximum Gasteiger partial charge on any atom is 0.195 e. The minimum atomic E-state index is -0.510. The molecule has 10 heteroatoms. The van der Waals surface area contributed by atoms with Gasteiger partial charge in [-0.15, -0.1) is 5.10 Å². The standard InChI is InChI=1S/C20H20Cl2FN5O2/c21-14-1-2-15(23)18(22)13(14)6-10-30-17-3-7-24-28-20(17)26-16-11-25-27-19(16)12-4-8-29-9-5-12/h1-3,7,11-12H,4-6,8-10H2,(H,25,27)(H,26,28). The van der Waals surface area contributed by atoms with Crippen LogP contribution in [-0.4, -0.2) is 40.2 Å². The molecule has 158 valence electrons. The number of rotatable bonds is 7. The SMILES string of the molecule is Fc1ccc(Cl)c(CCOc2ccnnc2Nc2cn[nH]c2C2CCOCC2)c1Cl. The average Bonchev–Trinajstić information content (AvgIpc) is 3.23. The van der Waals surface area contributed by atoms with Crippen molar-refractivity contribution in [3.05, 3.63) is 57.7 Å². The van der Waals surface area contributed by atoms with Gasteiger partial charge >= 0.3 is 0 Å². The molecule has 0 atom stereocenters. The van der Waals surface area contributed by atoms with Gasteiger partial charge in [0.2, 0.25) is 0 Å². The third kappa shape index (κ3) is 4.66. The molecule has 1 aliphatic rings. The Morgan fingerprint density at radius 3 is 2.90 bits per heavy atom. The van der Waals surface area contributed by atoms with Gasteiger partial charge in [-0.25, -0.2) is 4.39 Å². The van der Waals surface area contributed by atoms with E-state index < -0.39 is 5.82 Å². The molecule has 0 saturated carbocycles. The van der Waals surface area contributed by atoms with E-state index in [9.17, 15) is 4.39 Å². The van der Waals surface area contributed by atoms with Crippen molar-refractivity contribution in [2.45, 2.75) is 25.2 Å². The second-order valence-electron chi connectivity index (χ2n) is 6.87. The van der Waals surface area contributed by atoms with Crippen molar-refractivity contribution < 1.29 is 13.9 Å². The predicted octanol–water partition coefficient (Wildman–Crippen LogP) is 4.90. The maximum atomic E-state index is 13.7. The predicted molar refractivity (Wildman–Crippen MR) is 112 cm³/mol. The number of hydrogen-bond acceptors (Lipinski definition) is 6. The van der Waals surface area contributed by atoms with Crippen molar-refractivity contribution in [2.24, 2.45) is 0 Å². The molecule has 0 amide bonds. The highest BCUT2D eigenvalue weighted by molar-refractivity contribution is 6.36. The smallest absolute Gasteiger partial charge is 0.195 e. The lowest BCUT2D eigenvalue weighted by atomic mass is 9.96. The fraction of sp³-hybridized carbons (Fsp3) is 0.350. The van der Waals surface area contributed by atoms with Gasteiger partial charge in [-0.1, -0.05) is 23.2 Å². The largest absolute Gasteiger partial charge is 0.489 e. The van der Waals surface area contributed by atoms with Crippen LogP contribution in [0.15, 0.2) is 30.6 Å². The van der Waals surface area contributed by atoms with Crippen molar-refractivity contribution in [1.29, 1.82) is 0 Å². The molecule has 0 spiro atoms. The lowest BCUT2D eigenvalue weighted by molar-refractivity contribution is 0.0846. The first-order valence-electron chi connectivity index (χ1n) is 9.58. The molecule has 1 saturated heterocycles. The van der Waals surface area contributed by atoms with Gasteiger partial charge in [-0.05, 0) is 30.5 Å². The number of benzene rings is 1. The number of nitrogens with one attached hydrogen (secondary N) is 2. The summed E-state index contributed by atoms with van der Waals surface area (Å²) in [5, 5.41) is 19.0. The number of halogens is 3. The van der Waals surface area contributed by atoms with E-state index in [0.29, 0.717) is 34.5 Å². The molecule has 1 fully saturated rings. The quantitative estimate of drug-likeness (QED) is 0.496. The normalized spacial score (nSPS) is 14.6. The van der Waals surface area contributed by atoms with Crippen molar-refractivity contribution in [3.8, 4) is 5.75 Å². The van der Waals surface area contributed by atoms with Crippen LogP contribution in [-0.2, 0) is 11.2 Å². The molecule has 4 rings (SSSR count). The number of ether oxygens (including phenoxy) is 2. The van der Waals surface area contributed by atoms with E-state index in [4.69, 9.17) is 32.7 Å². The van der Waals surface area contributed by atoms with Crippen LogP contribution in [0.3, 0.4) is 0 Å². The summed E-state index contributed by atoms with van der Waals surface area (Å²) in [6, 6.07) is 4.43. The zero-order chi connectivity index (χ0) is 20.9. The van der Waals surface area contributed by atoms with Gasteiger partial charge in [-0.2, -0.15) is 10.2 Å². The molecule has 7 nitrogen and oxygen atoms in total. The molecule has 2 aromatic heterocycles. The first-order chi connectivity index (χ1) is 14.6. The van der Waals surface area contributed by atoms with E-state index in [1.165, 1.54) is 18.3 Å². The molecule has 3 aromatic rings. The van der Waals surface area contributed by atoms with E-state index in [2.05, 4.69) is 25.7 Å². The molecule has 2 N–H and O–H groups in total. The van der Waals surface area contributed by atoms with Gasteiger partial charge in [-0.3, -0.25) is 5.10 Å². The zero-order valence-electron chi connectivity index (χ0n) is 16.0. The minimum absolute atomic E-state index is 0.0109. The molecule has 0 bridgehead atoms. The number of hydrogen-bond donors (Lipinski definition) is 2. The van der Waals surface area contributed by atoms with E-state index in [1.807, 2.05) is 0 Å². The van der Waals surface area contributed by atoms with Gasteiger partial charge in [0.1, 0.15) is 5.82 Å². The first-order valence-corrected chi connectivity index (χ1v) is 10.3. The molecular weight excluding hydrogens is 432 g/mol. The highest BCUT2D eigenvalue weighted by Gasteiger charge is 2.21. The summed E-state index contributed by atoms with van der Waals surface area (Å²) < 4.78 is 25.0. The summed E-state index contributed by atoms with van der Waals surface area (Å²) in [5.41, 5.74) is 2.34. The number of anilines is 2. The fourth-order valence-corrected chi connectivity index (χ4v) is 3.97. The van der Waals surface area contributed by atoms with Gasteiger partial charge < -0.3 is 14.8 Å². The van der Waals surface area contributed by atoms with Crippen LogP contribution in [0.2, 0.25) is 10.0 Å². The number of aromatic nitrogens is 4. The fourth-order valence-electron chi connectivity index (χ4n) is 3.41. The Hall–Kier alpha value is -2.42. The first kappa shape index (κ1) is 20.8. The van der Waals surface area contributed by atoms with Crippen molar-refractivity contribution >= 4 is 34.7 Å². The second-order valence-corrected chi connectivity index (χ2v) is 7.66. The van der Waals surface area contributed by atoms with E-state index in [0.717, 1.165) is 37.4 Å². The average molecular weight is 452 g/mol. The van der Waals surface area contributed by atoms with Gasteiger partial charge in [0.25, 0.3) is 0 Å². The van der Waals surface area contributed by atoms with Crippen molar-refractivity contribution in [3.63, 3.8) is 0 Å². The third-order valence-electron chi connectivity index (χ3n) is 4.98. The number of aromatic amines is 1. The Balaban J connectivity index is 1.45. The Labute approximate surface area is 182 Å². The van der Waals surface area contributed by atoms with Gasteiger partial charge in [0.05, 0.1) is 35.4 Å². The van der Waals surface area contributed by atoms with Crippen LogP contribution in [0.25, 0.3) is 0 Å². The number of H-pyrrole nitrogens is 1. The van der Waals surface area contributed by atoms with Crippen molar-refractivity contribution in [1.82, 2.24) is 20.4 Å². The molecule has 0 radical (unpaired) electrons. The van der Waals surface area contributed by atoms with Crippen LogP contribution in [0.1, 0.15) is 30.0 Å². The van der Waals surface area contributed by atoms with E-state index >= 15 is 0 Å². The summed E-state index contributed by atoms with van der Waals surface area (Å²) in [6.07, 6.45) is 5.45. The Kier molecular flexibility index (Phi) is 6.66. The zero-order valence-corrected chi connectivity index (χ0v) is 17.5. The molecule has 0 unspecified atom stereocenters. The second kappa shape index (κ2) is 9.59. The molecule has 3 heterocycles. The van der Waals surface area contributed by atoms with Crippen LogP contribution >= 0.6 is 23.2 Å². The Morgan fingerprint density at radius 2 is 2.07 bits per heavy atom. The van der Waals surface area contributed by atoms with Crippen LogP contribution in [0.4, 0.5) is 15.9 Å². The van der Waals surface area contributed by atoms with Crippen LogP contribution < -0.4 is 10.1 Å². The summed E-state index contributed by atoms with van der Waals surface area (Å²) in [7, 11) is 0. The van der Waals surface area contributed by atoms with Gasteiger partial charge in [0.15, 0.2) is 11.6 Å². The van der Waals surface area contributed by atoms with E-state index in [1.54, 1.807) is 12.3 Å².